The van der Waals surface area contributed by atoms with Crippen LogP contribution in [0.3, 0.4) is 0 Å². The van der Waals surface area contributed by atoms with E-state index in [4.69, 9.17) is 12.2 Å². The number of aromatic amines is 1. The van der Waals surface area contributed by atoms with E-state index in [-0.39, 0.29) is 6.04 Å². The molecule has 4 nitrogen and oxygen atoms in total. The highest BCUT2D eigenvalue weighted by molar-refractivity contribution is 7.71. The molecule has 3 rings (SSSR count). The van der Waals surface area contributed by atoms with Crippen molar-refractivity contribution in [3.8, 4) is 0 Å². The van der Waals surface area contributed by atoms with Crippen molar-refractivity contribution in [1.82, 2.24) is 19.3 Å². The maximum Gasteiger partial charge on any atom is 0.179 e. The van der Waals surface area contributed by atoms with Crippen LogP contribution in [0.4, 0.5) is 0 Å². The van der Waals surface area contributed by atoms with Gasteiger partial charge >= 0.3 is 0 Å². The minimum atomic E-state index is 0.229. The normalized spacial score (nSPS) is 12.9. The summed E-state index contributed by atoms with van der Waals surface area (Å²) in [5, 5.41) is 4.60. The maximum atomic E-state index is 5.58. The Morgan fingerprint density at radius 2 is 1.95 bits per heavy atom. The van der Waals surface area contributed by atoms with Crippen LogP contribution in [0.15, 0.2) is 30.3 Å². The number of rotatable bonds is 4. The third-order valence-corrected chi connectivity index (χ3v) is 4.28. The van der Waals surface area contributed by atoms with Gasteiger partial charge in [0.25, 0.3) is 0 Å². The van der Waals surface area contributed by atoms with Gasteiger partial charge in [0.1, 0.15) is 5.52 Å². The van der Waals surface area contributed by atoms with Gasteiger partial charge in [-0.25, -0.2) is 0 Å². The molecule has 2 aromatic heterocycles. The molecule has 3 aromatic rings. The first kappa shape index (κ1) is 14.1. The zero-order valence-corrected chi connectivity index (χ0v) is 13.4. The van der Waals surface area contributed by atoms with Crippen molar-refractivity contribution < 1.29 is 0 Å². The standard InChI is InChI=1S/C16H20N4S/c1-4-12-14-15(19(3)18-12)20(16(21)17-14)13(5-2)11-9-7-6-8-10-11/h6-10,13H,4-5H2,1-3H3,(H,17,21). The second kappa shape index (κ2) is 5.48. The van der Waals surface area contributed by atoms with E-state index >= 15 is 0 Å². The van der Waals surface area contributed by atoms with Gasteiger partial charge in [-0.3, -0.25) is 9.25 Å². The molecule has 1 aromatic carbocycles. The van der Waals surface area contributed by atoms with Crippen molar-refractivity contribution in [1.29, 1.82) is 0 Å². The third-order valence-electron chi connectivity index (χ3n) is 3.99. The second-order valence-corrected chi connectivity index (χ2v) is 5.64. The van der Waals surface area contributed by atoms with Gasteiger partial charge in [0, 0.05) is 7.05 Å². The maximum absolute atomic E-state index is 5.58. The van der Waals surface area contributed by atoms with Crippen LogP contribution in [-0.4, -0.2) is 19.3 Å². The van der Waals surface area contributed by atoms with Gasteiger partial charge in [-0.15, -0.1) is 0 Å². The lowest BCUT2D eigenvalue weighted by molar-refractivity contribution is 0.558. The summed E-state index contributed by atoms with van der Waals surface area (Å²) in [6, 6.07) is 10.7. The molecule has 0 aliphatic heterocycles. The van der Waals surface area contributed by atoms with E-state index in [1.807, 2.05) is 17.8 Å². The molecule has 1 N–H and O–H groups in total. The quantitative estimate of drug-likeness (QED) is 0.740. The summed E-state index contributed by atoms with van der Waals surface area (Å²) < 4.78 is 4.90. The molecule has 2 heterocycles. The predicted octanol–water partition coefficient (Wildman–Crippen LogP) is 3.99. The van der Waals surface area contributed by atoms with Crippen LogP contribution in [0.25, 0.3) is 11.2 Å². The average Bonchev–Trinajstić information content (AvgIpc) is 2.99. The Bertz CT molecular complexity index is 810. The first-order valence-electron chi connectivity index (χ1n) is 7.38. The lowest BCUT2D eigenvalue weighted by Crippen LogP contribution is -2.12. The molecule has 0 radical (unpaired) electrons. The summed E-state index contributed by atoms with van der Waals surface area (Å²) in [5.41, 5.74) is 4.49. The number of aromatic nitrogens is 4. The number of fused-ring (bicyclic) bond motifs is 1. The Labute approximate surface area is 129 Å². The summed E-state index contributed by atoms with van der Waals surface area (Å²) >= 11 is 5.58. The van der Waals surface area contributed by atoms with Crippen LogP contribution in [0.5, 0.6) is 0 Å². The minimum absolute atomic E-state index is 0.229. The van der Waals surface area contributed by atoms with Gasteiger partial charge in [0.15, 0.2) is 10.4 Å². The largest absolute Gasteiger partial charge is 0.328 e. The molecule has 110 valence electrons. The van der Waals surface area contributed by atoms with Crippen LogP contribution < -0.4 is 0 Å². The number of H-pyrrole nitrogens is 1. The van der Waals surface area contributed by atoms with Crippen LogP contribution in [0, 0.1) is 4.77 Å². The van der Waals surface area contributed by atoms with Gasteiger partial charge in [0.2, 0.25) is 0 Å². The lowest BCUT2D eigenvalue weighted by Gasteiger charge is -2.18. The Hall–Kier alpha value is -1.88. The smallest absolute Gasteiger partial charge is 0.179 e. The van der Waals surface area contributed by atoms with E-state index in [2.05, 4.69) is 52.8 Å². The molecule has 0 amide bonds. The SMILES string of the molecule is CCc1nn(C)c2c1[nH]c(=S)n2C(CC)c1ccccc1. The highest BCUT2D eigenvalue weighted by atomic mass is 32.1. The Morgan fingerprint density at radius 3 is 2.57 bits per heavy atom. The Morgan fingerprint density at radius 1 is 1.24 bits per heavy atom. The zero-order chi connectivity index (χ0) is 15.0. The number of imidazole rings is 1. The third kappa shape index (κ3) is 2.21. The van der Waals surface area contributed by atoms with Gasteiger partial charge in [-0.1, -0.05) is 44.2 Å². The fraction of sp³-hybridized carbons (Fsp3) is 0.375. The van der Waals surface area contributed by atoms with E-state index in [0.717, 1.165) is 34.5 Å². The number of hydrogen-bond donors (Lipinski definition) is 1. The topological polar surface area (TPSA) is 38.5 Å². The van der Waals surface area contributed by atoms with Gasteiger partial charge in [-0.05, 0) is 30.6 Å². The van der Waals surface area contributed by atoms with E-state index < -0.39 is 0 Å². The fourth-order valence-corrected chi connectivity index (χ4v) is 3.33. The molecule has 0 fully saturated rings. The van der Waals surface area contributed by atoms with Crippen molar-refractivity contribution in [2.24, 2.45) is 7.05 Å². The molecular formula is C16H20N4S. The molecule has 21 heavy (non-hydrogen) atoms. The summed E-state index contributed by atoms with van der Waals surface area (Å²) in [6.45, 7) is 4.31. The molecule has 5 heteroatoms. The molecule has 1 unspecified atom stereocenters. The summed E-state index contributed by atoms with van der Waals surface area (Å²) in [6.07, 6.45) is 1.88. The van der Waals surface area contributed by atoms with Crippen molar-refractivity contribution in [3.63, 3.8) is 0 Å². The average molecular weight is 300 g/mol. The summed E-state index contributed by atoms with van der Waals surface area (Å²) in [4.78, 5) is 3.35. The lowest BCUT2D eigenvalue weighted by atomic mass is 10.0. The molecule has 1 atom stereocenters. The number of nitrogens with one attached hydrogen (secondary N) is 1. The van der Waals surface area contributed by atoms with E-state index in [9.17, 15) is 0 Å². The molecule has 0 aliphatic rings. The Kier molecular flexibility index (Phi) is 3.68. The number of benzene rings is 1. The minimum Gasteiger partial charge on any atom is -0.328 e. The molecule has 0 saturated carbocycles. The first-order valence-corrected chi connectivity index (χ1v) is 7.79. The van der Waals surface area contributed by atoms with Gasteiger partial charge in [-0.2, -0.15) is 5.10 Å². The second-order valence-electron chi connectivity index (χ2n) is 5.26. The highest BCUT2D eigenvalue weighted by Gasteiger charge is 2.20. The highest BCUT2D eigenvalue weighted by Crippen LogP contribution is 2.28. The molecular weight excluding hydrogens is 280 g/mol. The molecule has 0 spiro atoms. The number of aryl methyl sites for hydroxylation is 2. The summed E-state index contributed by atoms with van der Waals surface area (Å²) in [7, 11) is 1.98. The van der Waals surface area contributed by atoms with Gasteiger partial charge in [0.05, 0.1) is 11.7 Å². The van der Waals surface area contributed by atoms with Crippen molar-refractivity contribution in [2.75, 3.05) is 0 Å². The molecule has 0 bridgehead atoms. The van der Waals surface area contributed by atoms with Crippen LogP contribution in [-0.2, 0) is 13.5 Å². The summed E-state index contributed by atoms with van der Waals surface area (Å²) in [5.74, 6) is 0. The number of nitrogens with zero attached hydrogens (tertiary/aromatic N) is 3. The predicted molar refractivity (Wildman–Crippen MR) is 88.1 cm³/mol. The number of hydrogen-bond acceptors (Lipinski definition) is 2. The monoisotopic (exact) mass is 300 g/mol. The van der Waals surface area contributed by atoms with Crippen molar-refractivity contribution in [3.05, 3.63) is 46.4 Å². The molecule has 0 saturated heterocycles. The van der Waals surface area contributed by atoms with Crippen LogP contribution in [0.1, 0.15) is 37.6 Å². The van der Waals surface area contributed by atoms with Crippen molar-refractivity contribution in [2.45, 2.75) is 32.7 Å². The van der Waals surface area contributed by atoms with Crippen molar-refractivity contribution >= 4 is 23.4 Å². The Balaban J connectivity index is 2.26. The van der Waals surface area contributed by atoms with Crippen LogP contribution >= 0.6 is 12.2 Å². The van der Waals surface area contributed by atoms with Gasteiger partial charge < -0.3 is 4.98 Å². The zero-order valence-electron chi connectivity index (χ0n) is 12.6. The fourth-order valence-electron chi connectivity index (χ4n) is 3.02. The van der Waals surface area contributed by atoms with Crippen LogP contribution in [0.2, 0.25) is 0 Å². The molecule has 0 aliphatic carbocycles. The van der Waals surface area contributed by atoms with E-state index in [1.54, 1.807) is 0 Å². The van der Waals surface area contributed by atoms with E-state index in [0.29, 0.717) is 0 Å². The first-order chi connectivity index (χ1) is 10.2. The van der Waals surface area contributed by atoms with E-state index in [1.165, 1.54) is 5.56 Å².